The van der Waals surface area contributed by atoms with Crippen LogP contribution in [0.1, 0.15) is 43.4 Å². The zero-order valence-electron chi connectivity index (χ0n) is 20.6. The Labute approximate surface area is 210 Å². The highest BCUT2D eigenvalue weighted by atomic mass is 16.2. The maximum Gasteiger partial charge on any atom is 0.236 e. The van der Waals surface area contributed by atoms with Crippen LogP contribution in [0.2, 0.25) is 0 Å². The van der Waals surface area contributed by atoms with Gasteiger partial charge in [-0.2, -0.15) is 20.3 Å². The van der Waals surface area contributed by atoms with Crippen molar-refractivity contribution in [3.05, 3.63) is 47.7 Å². The topological polar surface area (TPSA) is 155 Å². The van der Waals surface area contributed by atoms with E-state index in [-0.39, 0.29) is 11.9 Å². The number of aromatic nitrogens is 4. The van der Waals surface area contributed by atoms with Crippen LogP contribution in [0.5, 0.6) is 0 Å². The molecule has 0 bridgehead atoms. The molecule has 11 heteroatoms. The number of anilines is 5. The van der Waals surface area contributed by atoms with Crippen molar-refractivity contribution < 1.29 is 4.79 Å². The molecule has 3 aromatic rings. The van der Waals surface area contributed by atoms with E-state index in [2.05, 4.69) is 52.8 Å². The number of aromatic amines is 1. The standard InChI is InChI=1S/C25H32N10O/c1-16(27-2)24(36)29-13-12-28-21-15-22(31-23-14-20(34-35-23)18-4-3-5-18)33-25(32-21)30-19-8-6-17(7-9-19)10-11-26/h6-9,14-16,18,27H,3-5,10,12-13H2,1-2H3,(H,29,36)(H4,28,30,31,32,33,34,35). The van der Waals surface area contributed by atoms with Crippen LogP contribution in [0.4, 0.5) is 29.1 Å². The van der Waals surface area contributed by atoms with E-state index in [1.807, 2.05) is 30.3 Å². The summed E-state index contributed by atoms with van der Waals surface area (Å²) in [5.41, 5.74) is 2.89. The third-order valence-corrected chi connectivity index (χ3v) is 6.17. The van der Waals surface area contributed by atoms with Crippen molar-refractivity contribution >= 4 is 35.0 Å². The molecule has 1 amide bonds. The predicted molar refractivity (Wildman–Crippen MR) is 140 cm³/mol. The van der Waals surface area contributed by atoms with Gasteiger partial charge in [-0.25, -0.2) is 0 Å². The lowest BCUT2D eigenvalue weighted by Crippen LogP contribution is -2.42. The quantitative estimate of drug-likeness (QED) is 0.211. The number of carbonyl (C=O) groups is 1. The lowest BCUT2D eigenvalue weighted by Gasteiger charge is -2.23. The van der Waals surface area contributed by atoms with Crippen molar-refractivity contribution in [2.24, 2.45) is 0 Å². The Bertz CT molecular complexity index is 1200. The monoisotopic (exact) mass is 488 g/mol. The van der Waals surface area contributed by atoms with Crippen molar-refractivity contribution in [2.45, 2.75) is 44.6 Å². The van der Waals surface area contributed by atoms with E-state index in [1.54, 1.807) is 20.0 Å². The van der Waals surface area contributed by atoms with E-state index in [9.17, 15) is 4.79 Å². The van der Waals surface area contributed by atoms with Gasteiger partial charge in [-0.3, -0.25) is 9.89 Å². The molecule has 1 fully saturated rings. The summed E-state index contributed by atoms with van der Waals surface area (Å²) in [4.78, 5) is 21.1. The van der Waals surface area contributed by atoms with Gasteiger partial charge < -0.3 is 26.6 Å². The molecule has 36 heavy (non-hydrogen) atoms. The van der Waals surface area contributed by atoms with Gasteiger partial charge in [0.2, 0.25) is 11.9 Å². The van der Waals surface area contributed by atoms with Gasteiger partial charge in [-0.15, -0.1) is 0 Å². The second-order valence-corrected chi connectivity index (χ2v) is 8.81. The summed E-state index contributed by atoms with van der Waals surface area (Å²) in [6.45, 7) is 2.75. The summed E-state index contributed by atoms with van der Waals surface area (Å²) in [7, 11) is 1.75. The van der Waals surface area contributed by atoms with Crippen LogP contribution in [-0.4, -0.2) is 52.3 Å². The van der Waals surface area contributed by atoms with E-state index < -0.39 is 0 Å². The number of H-pyrrole nitrogens is 1. The number of nitriles is 1. The highest BCUT2D eigenvalue weighted by molar-refractivity contribution is 5.81. The van der Waals surface area contributed by atoms with Crippen LogP contribution in [-0.2, 0) is 11.2 Å². The van der Waals surface area contributed by atoms with Crippen molar-refractivity contribution in [2.75, 3.05) is 36.1 Å². The number of hydrogen-bond donors (Lipinski definition) is 6. The second-order valence-electron chi connectivity index (χ2n) is 8.81. The number of nitrogens with one attached hydrogen (secondary N) is 6. The van der Waals surface area contributed by atoms with Gasteiger partial charge in [-0.05, 0) is 44.5 Å². The molecule has 0 aliphatic heterocycles. The van der Waals surface area contributed by atoms with Crippen LogP contribution in [0.25, 0.3) is 0 Å². The highest BCUT2D eigenvalue weighted by Crippen LogP contribution is 2.36. The Balaban J connectivity index is 1.46. The molecule has 0 saturated heterocycles. The minimum Gasteiger partial charge on any atom is -0.368 e. The molecule has 11 nitrogen and oxygen atoms in total. The van der Waals surface area contributed by atoms with E-state index in [1.165, 1.54) is 19.3 Å². The van der Waals surface area contributed by atoms with Gasteiger partial charge in [0.15, 0.2) is 5.82 Å². The van der Waals surface area contributed by atoms with Crippen molar-refractivity contribution in [1.82, 2.24) is 30.8 Å². The van der Waals surface area contributed by atoms with E-state index >= 15 is 0 Å². The first-order valence-corrected chi connectivity index (χ1v) is 12.2. The molecule has 4 rings (SSSR count). The molecule has 2 aromatic heterocycles. The minimum atomic E-state index is -0.256. The number of benzene rings is 1. The van der Waals surface area contributed by atoms with Gasteiger partial charge in [0.05, 0.1) is 18.5 Å². The number of likely N-dealkylation sites (N-methyl/N-ethyl adjacent to an activating group) is 1. The average Bonchev–Trinajstić information content (AvgIpc) is 3.28. The fourth-order valence-electron chi connectivity index (χ4n) is 3.70. The summed E-state index contributed by atoms with van der Waals surface area (Å²) in [5.74, 6) is 2.77. The molecule has 1 aliphatic rings. The molecule has 1 unspecified atom stereocenters. The van der Waals surface area contributed by atoms with E-state index in [4.69, 9.17) is 5.26 Å². The molecule has 0 radical (unpaired) electrons. The summed E-state index contributed by atoms with van der Waals surface area (Å²) < 4.78 is 0. The normalized spacial score (nSPS) is 13.8. The molecule has 188 valence electrons. The third-order valence-electron chi connectivity index (χ3n) is 6.17. The summed E-state index contributed by atoms with van der Waals surface area (Å²) in [5, 5.41) is 31.9. The Morgan fingerprint density at radius 3 is 2.58 bits per heavy atom. The van der Waals surface area contributed by atoms with E-state index in [0.29, 0.717) is 48.8 Å². The lowest BCUT2D eigenvalue weighted by molar-refractivity contribution is -0.122. The van der Waals surface area contributed by atoms with Crippen LogP contribution in [0.3, 0.4) is 0 Å². The fraction of sp³-hybridized carbons (Fsp3) is 0.400. The molecular formula is C25H32N10O. The number of rotatable bonds is 12. The van der Waals surface area contributed by atoms with Crippen LogP contribution >= 0.6 is 0 Å². The zero-order chi connectivity index (χ0) is 25.3. The fourth-order valence-corrected chi connectivity index (χ4v) is 3.70. The Morgan fingerprint density at radius 1 is 1.11 bits per heavy atom. The summed E-state index contributed by atoms with van der Waals surface area (Å²) in [6.07, 6.45) is 4.00. The first-order chi connectivity index (χ1) is 17.5. The zero-order valence-corrected chi connectivity index (χ0v) is 20.6. The number of amides is 1. The minimum absolute atomic E-state index is 0.0626. The largest absolute Gasteiger partial charge is 0.368 e. The molecule has 0 spiro atoms. The molecule has 6 N–H and O–H groups in total. The molecule has 1 atom stereocenters. The van der Waals surface area contributed by atoms with Crippen LogP contribution in [0.15, 0.2) is 36.4 Å². The lowest BCUT2D eigenvalue weighted by atomic mass is 9.83. The van der Waals surface area contributed by atoms with Gasteiger partial charge in [0.1, 0.15) is 11.6 Å². The molecule has 1 saturated carbocycles. The van der Waals surface area contributed by atoms with Gasteiger partial charge in [0, 0.05) is 42.5 Å². The molecular weight excluding hydrogens is 456 g/mol. The van der Waals surface area contributed by atoms with Crippen molar-refractivity contribution in [1.29, 1.82) is 5.26 Å². The van der Waals surface area contributed by atoms with Crippen LogP contribution < -0.4 is 26.6 Å². The Morgan fingerprint density at radius 2 is 1.89 bits per heavy atom. The van der Waals surface area contributed by atoms with Gasteiger partial charge in [0.25, 0.3) is 0 Å². The number of nitrogens with zero attached hydrogens (tertiary/aromatic N) is 4. The SMILES string of the molecule is CNC(C)C(=O)NCCNc1cc(Nc2cc(C3CCC3)[nH]n2)nc(Nc2ccc(CC#N)cc2)n1. The molecule has 1 aromatic carbocycles. The summed E-state index contributed by atoms with van der Waals surface area (Å²) in [6, 6.07) is 13.3. The highest BCUT2D eigenvalue weighted by Gasteiger charge is 2.21. The predicted octanol–water partition coefficient (Wildman–Crippen LogP) is 3.16. The Hall–Kier alpha value is -4.17. The van der Waals surface area contributed by atoms with Gasteiger partial charge >= 0.3 is 0 Å². The van der Waals surface area contributed by atoms with E-state index in [0.717, 1.165) is 16.9 Å². The maximum atomic E-state index is 12.0. The first-order valence-electron chi connectivity index (χ1n) is 12.2. The molecule has 1 aliphatic carbocycles. The third kappa shape index (κ3) is 6.70. The Kier molecular flexibility index (Phi) is 8.31. The van der Waals surface area contributed by atoms with Crippen molar-refractivity contribution in [3.8, 4) is 6.07 Å². The molecule has 2 heterocycles. The number of hydrogen-bond acceptors (Lipinski definition) is 9. The smallest absolute Gasteiger partial charge is 0.236 e. The van der Waals surface area contributed by atoms with Gasteiger partial charge in [-0.1, -0.05) is 18.6 Å². The second kappa shape index (κ2) is 12.0. The maximum absolute atomic E-state index is 12.0. The average molecular weight is 489 g/mol. The van der Waals surface area contributed by atoms with Crippen LogP contribution in [0, 0.1) is 11.3 Å². The van der Waals surface area contributed by atoms with Crippen molar-refractivity contribution in [3.63, 3.8) is 0 Å². The first kappa shape index (κ1) is 24.9. The number of carbonyl (C=O) groups excluding carboxylic acids is 1. The summed E-state index contributed by atoms with van der Waals surface area (Å²) >= 11 is 0.